The van der Waals surface area contributed by atoms with Gasteiger partial charge in [-0.05, 0) is 48.5 Å². The molecule has 0 unspecified atom stereocenters. The summed E-state index contributed by atoms with van der Waals surface area (Å²) in [6, 6.07) is 19.7. The average Bonchev–Trinajstić information content (AvgIpc) is 3.25. The van der Waals surface area contributed by atoms with Gasteiger partial charge in [0.05, 0.1) is 12.9 Å². The molecule has 4 rings (SSSR count). The lowest BCUT2D eigenvalue weighted by Gasteiger charge is -2.05. The van der Waals surface area contributed by atoms with Gasteiger partial charge in [-0.3, -0.25) is 9.59 Å². The van der Waals surface area contributed by atoms with E-state index in [9.17, 15) is 9.59 Å². The maximum absolute atomic E-state index is 12.5. The molecular formula is C23H21N5O3S. The average molecular weight is 448 g/mol. The van der Waals surface area contributed by atoms with E-state index in [0.29, 0.717) is 46.3 Å². The topological polar surface area (TPSA) is 98.5 Å². The second-order valence-corrected chi connectivity index (χ2v) is 7.87. The van der Waals surface area contributed by atoms with Crippen LogP contribution in [0.25, 0.3) is 5.65 Å². The van der Waals surface area contributed by atoms with Crippen LogP contribution in [0.5, 0.6) is 5.75 Å². The third-order valence-electron chi connectivity index (χ3n) is 4.74. The van der Waals surface area contributed by atoms with Crippen molar-refractivity contribution in [2.45, 2.75) is 11.4 Å². The monoisotopic (exact) mass is 447 g/mol. The van der Waals surface area contributed by atoms with Gasteiger partial charge in [-0.2, -0.15) is 9.61 Å². The highest BCUT2D eigenvalue weighted by Crippen LogP contribution is 2.19. The van der Waals surface area contributed by atoms with Crippen LogP contribution < -0.4 is 10.1 Å². The molecule has 32 heavy (non-hydrogen) atoms. The second-order valence-electron chi connectivity index (χ2n) is 6.87. The Morgan fingerprint density at radius 2 is 1.75 bits per heavy atom. The number of nitrogens with zero attached hydrogens (tertiary/aromatic N) is 4. The van der Waals surface area contributed by atoms with Crippen molar-refractivity contribution < 1.29 is 14.3 Å². The van der Waals surface area contributed by atoms with Crippen molar-refractivity contribution in [3.8, 4) is 5.75 Å². The van der Waals surface area contributed by atoms with Gasteiger partial charge in [-0.1, -0.05) is 30.0 Å². The summed E-state index contributed by atoms with van der Waals surface area (Å²) in [5, 5.41) is 16.4. The van der Waals surface area contributed by atoms with Crippen LogP contribution in [0.1, 0.15) is 26.5 Å². The van der Waals surface area contributed by atoms with E-state index in [0.717, 1.165) is 0 Å². The van der Waals surface area contributed by atoms with Crippen LogP contribution in [0, 0.1) is 0 Å². The van der Waals surface area contributed by atoms with Crippen LogP contribution in [-0.2, 0) is 6.42 Å². The summed E-state index contributed by atoms with van der Waals surface area (Å²) < 4.78 is 6.77. The van der Waals surface area contributed by atoms with Gasteiger partial charge in [0, 0.05) is 24.1 Å². The predicted molar refractivity (Wildman–Crippen MR) is 121 cm³/mol. The van der Waals surface area contributed by atoms with Gasteiger partial charge in [0.15, 0.2) is 17.3 Å². The van der Waals surface area contributed by atoms with Gasteiger partial charge in [-0.25, -0.2) is 0 Å². The lowest BCUT2D eigenvalue weighted by Crippen LogP contribution is -2.26. The Labute approximate surface area is 189 Å². The molecule has 0 spiro atoms. The normalized spacial score (nSPS) is 10.8. The van der Waals surface area contributed by atoms with E-state index in [2.05, 4.69) is 20.6 Å². The fourth-order valence-corrected chi connectivity index (χ4v) is 3.78. The summed E-state index contributed by atoms with van der Waals surface area (Å²) in [6.07, 6.45) is 0.478. The van der Waals surface area contributed by atoms with E-state index in [1.54, 1.807) is 48.0 Å². The molecule has 2 aromatic heterocycles. The van der Waals surface area contributed by atoms with E-state index in [4.69, 9.17) is 4.74 Å². The summed E-state index contributed by atoms with van der Waals surface area (Å²) in [7, 11) is 1.59. The summed E-state index contributed by atoms with van der Waals surface area (Å²) in [5.74, 6) is 1.47. The lowest BCUT2D eigenvalue weighted by molar-refractivity contribution is 0.0953. The van der Waals surface area contributed by atoms with Crippen molar-refractivity contribution in [1.29, 1.82) is 0 Å². The third-order valence-corrected chi connectivity index (χ3v) is 5.66. The molecule has 0 aliphatic carbocycles. The number of carbonyl (C=O) groups excluding carboxylic acids is 2. The maximum atomic E-state index is 12.5. The number of thioether (sulfide) groups is 1. The molecule has 1 amide bonds. The maximum Gasteiger partial charge on any atom is 0.251 e. The van der Waals surface area contributed by atoms with Gasteiger partial charge >= 0.3 is 0 Å². The molecule has 0 saturated carbocycles. The molecule has 0 atom stereocenters. The van der Waals surface area contributed by atoms with Gasteiger partial charge in [-0.15, -0.1) is 10.2 Å². The van der Waals surface area contributed by atoms with Crippen LogP contribution >= 0.6 is 11.8 Å². The molecule has 4 aromatic rings. The Balaban J connectivity index is 1.36. The Hall–Kier alpha value is -3.72. The van der Waals surface area contributed by atoms with Gasteiger partial charge in [0.1, 0.15) is 10.8 Å². The number of aromatic nitrogens is 4. The SMILES string of the molecule is COc1ccc(C(=O)CSc2ccc3nnc(CCNC(=O)c4ccccc4)n3n2)cc1. The zero-order valence-electron chi connectivity index (χ0n) is 17.4. The van der Waals surface area contributed by atoms with E-state index in [1.807, 2.05) is 30.3 Å². The molecule has 2 aromatic carbocycles. The highest BCUT2D eigenvalue weighted by Gasteiger charge is 2.12. The van der Waals surface area contributed by atoms with Crippen LogP contribution in [0.3, 0.4) is 0 Å². The quantitative estimate of drug-likeness (QED) is 0.311. The Bertz CT molecular complexity index is 1230. The van der Waals surface area contributed by atoms with Crippen molar-refractivity contribution >= 4 is 29.1 Å². The summed E-state index contributed by atoms with van der Waals surface area (Å²) in [5.41, 5.74) is 1.84. The fraction of sp³-hybridized carbons (Fsp3) is 0.174. The summed E-state index contributed by atoms with van der Waals surface area (Å²) in [6.45, 7) is 0.406. The van der Waals surface area contributed by atoms with Crippen molar-refractivity contribution in [2.24, 2.45) is 0 Å². The third kappa shape index (κ3) is 5.12. The number of benzene rings is 2. The minimum absolute atomic E-state index is 0.00662. The van der Waals surface area contributed by atoms with Crippen molar-refractivity contribution in [3.05, 3.63) is 83.7 Å². The number of hydrogen-bond donors (Lipinski definition) is 1. The number of nitrogens with one attached hydrogen (secondary N) is 1. The van der Waals surface area contributed by atoms with Crippen molar-refractivity contribution in [3.63, 3.8) is 0 Å². The zero-order chi connectivity index (χ0) is 22.3. The molecule has 1 N–H and O–H groups in total. The van der Waals surface area contributed by atoms with Crippen molar-refractivity contribution in [1.82, 2.24) is 25.1 Å². The number of amides is 1. The Morgan fingerprint density at radius 3 is 2.50 bits per heavy atom. The van der Waals surface area contributed by atoms with Crippen molar-refractivity contribution in [2.75, 3.05) is 19.4 Å². The van der Waals surface area contributed by atoms with E-state index < -0.39 is 0 Å². The summed E-state index contributed by atoms with van der Waals surface area (Å²) >= 11 is 1.35. The van der Waals surface area contributed by atoms with Crippen LogP contribution in [0.15, 0.2) is 71.8 Å². The number of rotatable bonds is 9. The van der Waals surface area contributed by atoms with Gasteiger partial charge < -0.3 is 10.1 Å². The van der Waals surface area contributed by atoms with Gasteiger partial charge in [0.25, 0.3) is 5.91 Å². The molecule has 162 valence electrons. The number of ketones is 1. The van der Waals surface area contributed by atoms with E-state index in [1.165, 1.54) is 11.8 Å². The minimum atomic E-state index is -0.138. The first-order chi connectivity index (χ1) is 15.6. The highest BCUT2D eigenvalue weighted by atomic mass is 32.2. The highest BCUT2D eigenvalue weighted by molar-refractivity contribution is 7.99. The molecule has 8 nitrogen and oxygen atoms in total. The van der Waals surface area contributed by atoms with Gasteiger partial charge in [0.2, 0.25) is 0 Å². The van der Waals surface area contributed by atoms with E-state index >= 15 is 0 Å². The Kier molecular flexibility index (Phi) is 6.76. The largest absolute Gasteiger partial charge is 0.497 e. The smallest absolute Gasteiger partial charge is 0.251 e. The molecule has 0 fully saturated rings. The predicted octanol–water partition coefficient (Wildman–Crippen LogP) is 3.08. The molecule has 2 heterocycles. The Morgan fingerprint density at radius 1 is 0.969 bits per heavy atom. The molecular weight excluding hydrogens is 426 g/mol. The lowest BCUT2D eigenvalue weighted by atomic mass is 10.1. The molecule has 0 saturated heterocycles. The molecule has 0 radical (unpaired) electrons. The minimum Gasteiger partial charge on any atom is -0.497 e. The van der Waals surface area contributed by atoms with Crippen LogP contribution in [0.2, 0.25) is 0 Å². The first-order valence-electron chi connectivity index (χ1n) is 9.98. The fourth-order valence-electron chi connectivity index (χ4n) is 3.03. The molecule has 9 heteroatoms. The number of methoxy groups -OCH3 is 1. The molecule has 0 aliphatic heterocycles. The van der Waals surface area contributed by atoms with Crippen LogP contribution in [0.4, 0.5) is 0 Å². The number of fused-ring (bicyclic) bond motifs is 1. The number of carbonyl (C=O) groups is 2. The molecule has 0 aliphatic rings. The summed E-state index contributed by atoms with van der Waals surface area (Å²) in [4.78, 5) is 24.6. The van der Waals surface area contributed by atoms with E-state index in [-0.39, 0.29) is 17.4 Å². The number of ether oxygens (including phenoxy) is 1. The first-order valence-corrected chi connectivity index (χ1v) is 11.0. The standard InChI is InChI=1S/C23H21N5O3S/c1-31-18-9-7-16(8-10-18)19(29)15-32-22-12-11-20-25-26-21(28(20)27-22)13-14-24-23(30)17-5-3-2-4-6-17/h2-12H,13-15H2,1H3,(H,24,30). The zero-order valence-corrected chi connectivity index (χ0v) is 18.2. The van der Waals surface area contributed by atoms with Crippen LogP contribution in [-0.4, -0.2) is 50.9 Å². The first kappa shape index (κ1) is 21.5. The number of hydrogen-bond acceptors (Lipinski definition) is 7. The second kappa shape index (κ2) is 10.1. The number of Topliss-reactive ketones (excluding diaryl/α,β-unsaturated/α-hetero) is 1. The molecule has 0 bridgehead atoms.